The Hall–Kier alpha value is -3.68. The van der Waals surface area contributed by atoms with Crippen LogP contribution in [-0.2, 0) is 21.6 Å². The van der Waals surface area contributed by atoms with E-state index in [1.807, 2.05) is 0 Å². The average Bonchev–Trinajstić information content (AvgIpc) is 3.53. The lowest BCUT2D eigenvalue weighted by molar-refractivity contribution is -0.129. The molecule has 0 bridgehead atoms. The van der Waals surface area contributed by atoms with Crippen LogP contribution in [0.4, 0.5) is 4.39 Å². The lowest BCUT2D eigenvalue weighted by atomic mass is 10.0. The maximum atomic E-state index is 14.3. The number of thiophene rings is 1. The van der Waals surface area contributed by atoms with Gasteiger partial charge in [0.25, 0.3) is 5.56 Å². The molecule has 4 aromatic rings. The van der Waals surface area contributed by atoms with E-state index in [1.165, 1.54) is 47.7 Å². The Morgan fingerprint density at radius 2 is 1.88 bits per heavy atom. The van der Waals surface area contributed by atoms with Gasteiger partial charge in [-0.15, -0.1) is 4.80 Å². The molecule has 1 amide bonds. The molecule has 214 valence electrons. The average molecular weight is 573 g/mol. The van der Waals surface area contributed by atoms with Crippen LogP contribution in [-0.4, -0.2) is 54.4 Å². The van der Waals surface area contributed by atoms with Crippen LogP contribution in [0.2, 0.25) is 0 Å². The van der Waals surface area contributed by atoms with Gasteiger partial charge in [-0.3, -0.25) is 14.2 Å². The van der Waals surface area contributed by atoms with Gasteiger partial charge < -0.3 is 15.2 Å². The maximum absolute atomic E-state index is 14.3. The molecule has 0 radical (unpaired) electrons. The predicted octanol–water partition coefficient (Wildman–Crippen LogP) is 2.57. The largest absolute Gasteiger partial charge is 0.394 e. The number of rotatable bonds is 10. The first kappa shape index (κ1) is 29.3. The number of carbonyl (C=O) groups is 1. The molecule has 1 aromatic carbocycles. The zero-order valence-electron chi connectivity index (χ0n) is 23.3. The number of nitrogens with one attached hydrogen (secondary N) is 1. The number of benzene rings is 1. The summed E-state index contributed by atoms with van der Waals surface area (Å²) < 4.78 is 22.5. The number of nitrogens with zero attached hydrogens (tertiary/aromatic N) is 5. The summed E-state index contributed by atoms with van der Waals surface area (Å²) in [4.78, 5) is 43.1. The Morgan fingerprint density at radius 1 is 1.20 bits per heavy atom. The van der Waals surface area contributed by atoms with Gasteiger partial charge in [0.05, 0.1) is 37.5 Å². The molecule has 0 aliphatic heterocycles. The van der Waals surface area contributed by atoms with Gasteiger partial charge in [-0.25, -0.2) is 13.8 Å². The van der Waals surface area contributed by atoms with Crippen LogP contribution in [0.3, 0.4) is 0 Å². The highest BCUT2D eigenvalue weighted by Gasteiger charge is 2.36. The number of halogens is 1. The van der Waals surface area contributed by atoms with E-state index in [9.17, 15) is 23.9 Å². The summed E-state index contributed by atoms with van der Waals surface area (Å²) in [6, 6.07) is 4.04. The molecule has 0 saturated heterocycles. The topological polar surface area (TPSA) is 133 Å². The van der Waals surface area contributed by atoms with E-state index in [2.05, 4.69) is 15.5 Å². The van der Waals surface area contributed by atoms with Crippen molar-refractivity contribution in [2.24, 2.45) is 0 Å². The first-order valence-corrected chi connectivity index (χ1v) is 13.7. The molecule has 1 atom stereocenters. The number of carbonyl (C=O) groups excluding carboxylic acids is 1. The Kier molecular flexibility index (Phi) is 8.38. The van der Waals surface area contributed by atoms with Crippen molar-refractivity contribution in [1.29, 1.82) is 0 Å². The highest BCUT2D eigenvalue weighted by Crippen LogP contribution is 2.32. The van der Waals surface area contributed by atoms with Gasteiger partial charge in [-0.1, -0.05) is 17.4 Å². The van der Waals surface area contributed by atoms with Gasteiger partial charge in [0.15, 0.2) is 0 Å². The fourth-order valence-corrected chi connectivity index (χ4v) is 5.82. The molecule has 0 aliphatic carbocycles. The second-order valence-electron chi connectivity index (χ2n) is 10.3. The summed E-state index contributed by atoms with van der Waals surface area (Å²) in [6.45, 7) is 9.65. The second-order valence-corrected chi connectivity index (χ2v) is 11.3. The molecule has 13 heteroatoms. The number of hydrogen-bond acceptors (Lipinski definition) is 8. The van der Waals surface area contributed by atoms with Crippen LogP contribution in [0, 0.1) is 19.7 Å². The third-order valence-corrected chi connectivity index (χ3v) is 7.95. The van der Waals surface area contributed by atoms with Gasteiger partial charge in [-0.2, -0.15) is 10.2 Å². The Balaban J connectivity index is 2.03. The highest BCUT2D eigenvalue weighted by atomic mass is 32.1. The Morgan fingerprint density at radius 3 is 2.50 bits per heavy atom. The van der Waals surface area contributed by atoms with E-state index in [4.69, 9.17) is 4.74 Å². The monoisotopic (exact) mass is 572 g/mol. The molecule has 3 aromatic heterocycles. The SMILES string of the molecule is Cc1ccc(F)cc1[C@H](Cn1c(=O)n(C(C)(C)C(=O)NC(C)C)c(=O)c2c(C)c(-n3nccn3)sc21)OCCO. The van der Waals surface area contributed by atoms with Gasteiger partial charge in [0, 0.05) is 11.6 Å². The number of aromatic nitrogens is 5. The summed E-state index contributed by atoms with van der Waals surface area (Å²) in [6.07, 6.45) is 2.15. The van der Waals surface area contributed by atoms with Gasteiger partial charge in [0.2, 0.25) is 5.91 Å². The zero-order valence-corrected chi connectivity index (χ0v) is 24.1. The summed E-state index contributed by atoms with van der Waals surface area (Å²) in [7, 11) is 0. The Bertz CT molecular complexity index is 1650. The van der Waals surface area contributed by atoms with Crippen LogP contribution < -0.4 is 16.6 Å². The number of aliphatic hydroxyl groups is 1. The first-order valence-electron chi connectivity index (χ1n) is 12.8. The highest BCUT2D eigenvalue weighted by molar-refractivity contribution is 7.21. The van der Waals surface area contributed by atoms with Crippen molar-refractivity contribution in [2.75, 3.05) is 13.2 Å². The lowest BCUT2D eigenvalue weighted by Gasteiger charge is -2.28. The summed E-state index contributed by atoms with van der Waals surface area (Å²) in [5, 5.41) is 21.4. The van der Waals surface area contributed by atoms with Crippen molar-refractivity contribution >= 4 is 27.5 Å². The van der Waals surface area contributed by atoms with Crippen molar-refractivity contribution in [1.82, 2.24) is 29.4 Å². The number of aryl methyl sites for hydroxylation is 2. The number of ether oxygens (including phenoxy) is 1. The van der Waals surface area contributed by atoms with E-state index in [1.54, 1.807) is 33.8 Å². The smallest absolute Gasteiger partial charge is 0.333 e. The van der Waals surface area contributed by atoms with E-state index in [0.717, 1.165) is 21.5 Å². The molecular weight excluding hydrogens is 539 g/mol. The van der Waals surface area contributed by atoms with Crippen LogP contribution in [0.15, 0.2) is 40.2 Å². The van der Waals surface area contributed by atoms with Crippen LogP contribution in [0.5, 0.6) is 0 Å². The van der Waals surface area contributed by atoms with Crippen molar-refractivity contribution in [3.05, 3.63) is 73.9 Å². The molecule has 3 heterocycles. The van der Waals surface area contributed by atoms with Crippen molar-refractivity contribution in [2.45, 2.75) is 65.8 Å². The van der Waals surface area contributed by atoms with Crippen LogP contribution >= 0.6 is 11.3 Å². The fraction of sp³-hybridized carbons (Fsp3) is 0.444. The van der Waals surface area contributed by atoms with E-state index < -0.39 is 34.6 Å². The number of aliphatic hydroxyl groups excluding tert-OH is 1. The van der Waals surface area contributed by atoms with Crippen LogP contribution in [0.1, 0.15) is 50.5 Å². The number of fused-ring (bicyclic) bond motifs is 1. The standard InChI is InChI=1S/C27H33FN6O5S/c1-15(2)31-25(37)27(5,6)33-22(36)21-17(4)23(34-29-9-10-30-34)40-24(21)32(26(33)38)14-20(39-12-11-35)19-13-18(28)8-7-16(19)3/h7-10,13,15,20,35H,11-12,14H2,1-6H3,(H,31,37)/t20-/m0/s1. The normalized spacial score (nSPS) is 12.8. The van der Waals surface area contributed by atoms with Crippen molar-refractivity contribution in [3.63, 3.8) is 0 Å². The van der Waals surface area contributed by atoms with Gasteiger partial charge in [0.1, 0.15) is 27.3 Å². The third-order valence-electron chi connectivity index (χ3n) is 6.67. The van der Waals surface area contributed by atoms with Crippen LogP contribution in [0.25, 0.3) is 15.2 Å². The molecule has 11 nitrogen and oxygen atoms in total. The second kappa shape index (κ2) is 11.4. The van der Waals surface area contributed by atoms with E-state index >= 15 is 0 Å². The molecule has 0 spiro atoms. The molecule has 40 heavy (non-hydrogen) atoms. The summed E-state index contributed by atoms with van der Waals surface area (Å²) >= 11 is 1.15. The lowest BCUT2D eigenvalue weighted by Crippen LogP contribution is -2.56. The summed E-state index contributed by atoms with van der Waals surface area (Å²) in [5.41, 5.74) is -1.15. The van der Waals surface area contributed by atoms with Crippen molar-refractivity contribution < 1.29 is 19.0 Å². The summed E-state index contributed by atoms with van der Waals surface area (Å²) in [5.74, 6) is -0.977. The zero-order chi connectivity index (χ0) is 29.4. The molecule has 0 saturated carbocycles. The third kappa shape index (κ3) is 5.36. The molecule has 0 unspecified atom stereocenters. The minimum absolute atomic E-state index is 0.0631. The Labute approximate surface area is 233 Å². The van der Waals surface area contributed by atoms with E-state index in [-0.39, 0.29) is 31.2 Å². The quantitative estimate of drug-likeness (QED) is 0.298. The molecule has 2 N–H and O–H groups in total. The molecule has 0 fully saturated rings. The minimum atomic E-state index is -1.55. The van der Waals surface area contributed by atoms with Crippen molar-refractivity contribution in [3.8, 4) is 5.00 Å². The number of hydrogen-bond donors (Lipinski definition) is 2. The van der Waals surface area contributed by atoms with Gasteiger partial charge in [-0.05, 0) is 64.8 Å². The fourth-order valence-electron chi connectivity index (χ4n) is 4.60. The number of amides is 1. The first-order chi connectivity index (χ1) is 18.9. The molecule has 4 rings (SSSR count). The maximum Gasteiger partial charge on any atom is 0.333 e. The van der Waals surface area contributed by atoms with Gasteiger partial charge >= 0.3 is 5.69 Å². The predicted molar refractivity (Wildman–Crippen MR) is 150 cm³/mol. The molecular formula is C27H33FN6O5S. The minimum Gasteiger partial charge on any atom is -0.394 e. The van der Waals surface area contributed by atoms with E-state index in [0.29, 0.717) is 21.0 Å². The molecule has 0 aliphatic rings.